The van der Waals surface area contributed by atoms with E-state index in [-0.39, 0.29) is 0 Å². The van der Waals surface area contributed by atoms with E-state index in [0.29, 0.717) is 0 Å². The van der Waals surface area contributed by atoms with E-state index in [4.69, 9.17) is 0 Å². The third-order valence-electron chi connectivity index (χ3n) is 1.15. The van der Waals surface area contributed by atoms with Crippen LogP contribution in [0.2, 0.25) is 0 Å². The molecule has 2 nitrogen and oxygen atoms in total. The van der Waals surface area contributed by atoms with Crippen molar-refractivity contribution in [2.45, 2.75) is 26.2 Å². The van der Waals surface area contributed by atoms with Crippen molar-refractivity contribution < 1.29 is 0 Å². The van der Waals surface area contributed by atoms with Gasteiger partial charge in [0, 0.05) is 10.8 Å². The lowest BCUT2D eigenvalue weighted by atomic mass is 10.3. The normalized spacial score (nSPS) is 16.3. The first-order chi connectivity index (χ1) is 4.43. The molecule has 0 saturated heterocycles. The van der Waals surface area contributed by atoms with Crippen molar-refractivity contribution in [3.05, 3.63) is 0 Å². The van der Waals surface area contributed by atoms with E-state index in [1.54, 1.807) is 6.34 Å². The lowest BCUT2D eigenvalue weighted by molar-refractivity contribution is 0.841. The molecule has 0 N–H and O–H groups in total. The van der Waals surface area contributed by atoms with Gasteiger partial charge in [-0.05, 0) is 11.4 Å². The Labute approximate surface area is 59.6 Å². The van der Waals surface area contributed by atoms with E-state index >= 15 is 0 Å². The minimum atomic E-state index is 1.10. The molecule has 0 aromatic carbocycles. The molecule has 1 aliphatic heterocycles. The molecule has 1 rings (SSSR count). The Balaban J connectivity index is 2.14. The minimum Gasteiger partial charge on any atom is -0.0654 e. The van der Waals surface area contributed by atoms with Gasteiger partial charge >= 0.3 is 6.34 Å². The molecule has 0 saturated carbocycles. The second kappa shape index (κ2) is 3.67. The summed E-state index contributed by atoms with van der Waals surface area (Å²) in [6.45, 7) is 2.18. The molecule has 0 aromatic rings. The Morgan fingerprint density at radius 1 is 1.78 bits per heavy atom. The van der Waals surface area contributed by atoms with E-state index in [1.807, 2.05) is 0 Å². The average molecular weight is 142 g/mol. The summed E-state index contributed by atoms with van der Waals surface area (Å²) in [7, 11) is 0. The first-order valence-electron chi connectivity index (χ1n) is 3.19. The van der Waals surface area contributed by atoms with Gasteiger partial charge in [0.2, 0.25) is 5.04 Å². The summed E-state index contributed by atoms with van der Waals surface area (Å²) < 4.78 is 3.91. The Bertz CT molecular complexity index is 140. The fourth-order valence-electron chi connectivity index (χ4n) is 0.634. The lowest BCUT2D eigenvalue weighted by Gasteiger charge is -1.85. The molecule has 0 unspecified atom stereocenters. The fraction of sp³-hybridized carbons (Fsp3) is 0.667. The summed E-state index contributed by atoms with van der Waals surface area (Å²) in [6.07, 6.45) is 5.19. The zero-order valence-electron chi connectivity index (χ0n) is 5.50. The smallest absolute Gasteiger partial charge is 0.0654 e. The lowest BCUT2D eigenvalue weighted by Crippen LogP contribution is -1.87. The molecule has 9 heavy (non-hydrogen) atoms. The van der Waals surface area contributed by atoms with Crippen LogP contribution in [0, 0.1) is 0 Å². The zero-order chi connectivity index (χ0) is 6.53. The second-order valence-electron chi connectivity index (χ2n) is 1.94. The standard InChI is InChI=1S/C6H10N2S/c1-2-3-4-6-7-5-8-9-6/h5H,2-4H2,1H3/q+1. The van der Waals surface area contributed by atoms with Crippen LogP contribution in [-0.4, -0.2) is 11.4 Å². The quantitative estimate of drug-likeness (QED) is 0.550. The number of hydrogen-bond acceptors (Lipinski definition) is 3. The predicted molar refractivity (Wildman–Crippen MR) is 42.7 cm³/mol. The molecular weight excluding hydrogens is 132 g/mol. The molecular formula is C6H10N2S+. The van der Waals surface area contributed by atoms with E-state index in [9.17, 15) is 0 Å². The van der Waals surface area contributed by atoms with Crippen LogP contribution in [0.4, 0.5) is 0 Å². The average Bonchev–Trinajstić information content (AvgIpc) is 2.34. The van der Waals surface area contributed by atoms with Crippen molar-refractivity contribution in [1.29, 1.82) is 0 Å². The van der Waals surface area contributed by atoms with Gasteiger partial charge in [-0.1, -0.05) is 13.3 Å². The van der Waals surface area contributed by atoms with Gasteiger partial charge in [-0.15, -0.1) is 0 Å². The van der Waals surface area contributed by atoms with Crippen LogP contribution in [0.15, 0.2) is 4.99 Å². The third-order valence-corrected chi connectivity index (χ3v) is 1.87. The molecule has 1 radical (unpaired) electrons. The molecule has 1 heterocycles. The number of nitrogens with zero attached hydrogens (tertiary/aromatic N) is 2. The van der Waals surface area contributed by atoms with Gasteiger partial charge in [0.05, 0.1) is 0 Å². The summed E-state index contributed by atoms with van der Waals surface area (Å²) in [4.78, 5) is 4.06. The molecule has 3 heteroatoms. The highest BCUT2D eigenvalue weighted by molar-refractivity contribution is 8.12. The van der Waals surface area contributed by atoms with Gasteiger partial charge in [0.1, 0.15) is 0 Å². The van der Waals surface area contributed by atoms with E-state index in [2.05, 4.69) is 16.3 Å². The molecule has 0 aromatic heterocycles. The first-order valence-corrected chi connectivity index (χ1v) is 3.96. The van der Waals surface area contributed by atoms with Gasteiger partial charge in [-0.2, -0.15) is 0 Å². The highest BCUT2D eigenvalue weighted by Gasteiger charge is 2.13. The van der Waals surface area contributed by atoms with Crippen LogP contribution in [0.1, 0.15) is 26.2 Å². The van der Waals surface area contributed by atoms with Crippen molar-refractivity contribution in [3.63, 3.8) is 0 Å². The molecule has 0 amide bonds. The number of rotatable bonds is 3. The van der Waals surface area contributed by atoms with E-state index in [1.165, 1.54) is 24.8 Å². The van der Waals surface area contributed by atoms with Crippen LogP contribution >= 0.6 is 11.9 Å². The Hall–Kier alpha value is -0.310. The summed E-state index contributed by atoms with van der Waals surface area (Å²) >= 11 is 1.50. The van der Waals surface area contributed by atoms with E-state index in [0.717, 1.165) is 11.5 Å². The first kappa shape index (κ1) is 6.81. The minimum absolute atomic E-state index is 1.10. The Morgan fingerprint density at radius 2 is 2.67 bits per heavy atom. The van der Waals surface area contributed by atoms with Gasteiger partial charge < -0.3 is 0 Å². The van der Waals surface area contributed by atoms with Crippen LogP contribution < -0.4 is 4.40 Å². The van der Waals surface area contributed by atoms with Crippen LogP contribution in [0.5, 0.6) is 0 Å². The Kier molecular flexibility index (Phi) is 2.77. The Morgan fingerprint density at radius 3 is 3.22 bits per heavy atom. The molecule has 49 valence electrons. The predicted octanol–water partition coefficient (Wildman–Crippen LogP) is 1.60. The number of hydrogen-bond donors (Lipinski definition) is 0. The molecule has 0 bridgehead atoms. The summed E-state index contributed by atoms with van der Waals surface area (Å²) in [5.74, 6) is 0. The van der Waals surface area contributed by atoms with Gasteiger partial charge in [-0.25, -0.2) is 0 Å². The monoisotopic (exact) mass is 142 g/mol. The van der Waals surface area contributed by atoms with Crippen molar-refractivity contribution in [1.82, 2.24) is 4.40 Å². The maximum atomic E-state index is 4.06. The fourth-order valence-corrected chi connectivity index (χ4v) is 1.18. The SMILES string of the molecule is CCCCC1=NC=[N+]S1. The highest BCUT2D eigenvalue weighted by atomic mass is 32.2. The van der Waals surface area contributed by atoms with Crippen LogP contribution in [0.25, 0.3) is 0 Å². The van der Waals surface area contributed by atoms with Crippen molar-refractivity contribution >= 4 is 23.3 Å². The topological polar surface area (TPSA) is 26.5 Å². The summed E-state index contributed by atoms with van der Waals surface area (Å²) in [6, 6.07) is 0. The summed E-state index contributed by atoms with van der Waals surface area (Å²) in [5.41, 5.74) is 0. The maximum Gasteiger partial charge on any atom is 0.337 e. The third kappa shape index (κ3) is 2.18. The van der Waals surface area contributed by atoms with Crippen molar-refractivity contribution in [2.24, 2.45) is 4.99 Å². The maximum absolute atomic E-state index is 4.06. The van der Waals surface area contributed by atoms with E-state index < -0.39 is 0 Å². The van der Waals surface area contributed by atoms with Crippen LogP contribution in [0.3, 0.4) is 0 Å². The summed E-state index contributed by atoms with van der Waals surface area (Å²) in [5, 5.41) is 1.16. The van der Waals surface area contributed by atoms with Crippen molar-refractivity contribution in [2.75, 3.05) is 0 Å². The van der Waals surface area contributed by atoms with Gasteiger partial charge in [-0.3, -0.25) is 0 Å². The second-order valence-corrected chi connectivity index (χ2v) is 2.80. The highest BCUT2D eigenvalue weighted by Crippen LogP contribution is 2.09. The molecule has 0 atom stereocenters. The molecule has 0 spiro atoms. The molecule has 0 fully saturated rings. The zero-order valence-corrected chi connectivity index (χ0v) is 6.32. The molecule has 0 aliphatic carbocycles. The van der Waals surface area contributed by atoms with Gasteiger partial charge in [0.25, 0.3) is 0 Å². The number of aliphatic imine (C=N–C) groups is 1. The number of unbranched alkanes of at least 4 members (excludes halogenated alkanes) is 1. The molecule has 1 aliphatic rings. The van der Waals surface area contributed by atoms with Gasteiger partial charge in [0.15, 0.2) is 11.9 Å². The van der Waals surface area contributed by atoms with Crippen molar-refractivity contribution in [3.8, 4) is 0 Å². The van der Waals surface area contributed by atoms with Crippen LogP contribution in [-0.2, 0) is 0 Å². The largest absolute Gasteiger partial charge is 0.337 e.